The Bertz CT molecular complexity index is 203. The van der Waals surface area contributed by atoms with Crippen LogP contribution in [0.4, 0.5) is 0 Å². The Hall–Kier alpha value is -0.980. The number of carbonyl (C=O) groups is 2. The topological polar surface area (TPSA) is 104 Å². The summed E-state index contributed by atoms with van der Waals surface area (Å²) in [5, 5.41) is 24.6. The van der Waals surface area contributed by atoms with Crippen molar-refractivity contribution in [3.05, 3.63) is 0 Å². The molecule has 0 aromatic carbocycles. The molecule has 0 fully saturated rings. The average molecular weight is 266 g/mol. The number of carbonyl (C=O) groups excluding carboxylic acids is 2. The smallest absolute Gasteiger partial charge is 0.304 e. The molecule has 0 rings (SSSR count). The van der Waals surface area contributed by atoms with Crippen LogP contribution in [-0.4, -0.2) is 46.1 Å². The van der Waals surface area contributed by atoms with E-state index in [4.69, 9.17) is 15.3 Å². The molecule has 0 saturated heterocycles. The largest absolute Gasteiger partial charge is 0.436 e. The van der Waals surface area contributed by atoms with Crippen LogP contribution in [0.25, 0.3) is 0 Å². The molecule has 0 bridgehead atoms. The van der Waals surface area contributed by atoms with Crippen LogP contribution in [0, 0.1) is 0 Å². The minimum atomic E-state index is -0.910. The molecule has 0 aliphatic carbocycles. The van der Waals surface area contributed by atoms with Gasteiger partial charge in [-0.1, -0.05) is 13.3 Å². The second-order valence-corrected chi connectivity index (χ2v) is 3.46. The van der Waals surface area contributed by atoms with Gasteiger partial charge in [0.1, 0.15) is 6.10 Å². The fourth-order valence-corrected chi connectivity index (χ4v) is 0.497. The molecule has 0 spiro atoms. The van der Waals surface area contributed by atoms with Gasteiger partial charge in [-0.3, -0.25) is 9.59 Å². The van der Waals surface area contributed by atoms with Crippen LogP contribution >= 0.6 is 0 Å². The maximum atomic E-state index is 10.1. The average Bonchev–Trinajstić information content (AvgIpc) is 2.18. The van der Waals surface area contributed by atoms with E-state index in [0.717, 1.165) is 6.42 Å². The van der Waals surface area contributed by atoms with Gasteiger partial charge in [0.15, 0.2) is 5.78 Å². The number of aliphatic hydroxyl groups excluding tert-OH is 3. The highest BCUT2D eigenvalue weighted by Crippen LogP contribution is 1.96. The highest BCUT2D eigenvalue weighted by Gasteiger charge is 2.03. The molecule has 2 unspecified atom stereocenters. The molecular formula is C12H26O6. The molecule has 0 aliphatic rings. The highest BCUT2D eigenvalue weighted by atomic mass is 16.6. The Morgan fingerprint density at radius 1 is 1.17 bits per heavy atom. The number of rotatable bonds is 4. The van der Waals surface area contributed by atoms with E-state index in [2.05, 4.69) is 4.74 Å². The van der Waals surface area contributed by atoms with Gasteiger partial charge < -0.3 is 20.1 Å². The first-order valence-corrected chi connectivity index (χ1v) is 5.87. The third-order valence-corrected chi connectivity index (χ3v) is 1.43. The fourth-order valence-electron chi connectivity index (χ4n) is 0.497. The number of ether oxygens (including phenoxy) is 1. The van der Waals surface area contributed by atoms with E-state index in [1.165, 1.54) is 20.8 Å². The maximum absolute atomic E-state index is 10.1. The van der Waals surface area contributed by atoms with Gasteiger partial charge in [-0.15, -0.1) is 0 Å². The lowest BCUT2D eigenvalue weighted by molar-refractivity contribution is -0.165. The van der Waals surface area contributed by atoms with Crippen molar-refractivity contribution >= 4 is 11.8 Å². The molecule has 110 valence electrons. The molecular weight excluding hydrogens is 240 g/mol. The fraction of sp³-hybridized carbons (Fsp3) is 0.833. The zero-order valence-electron chi connectivity index (χ0n) is 11.8. The lowest BCUT2D eigenvalue weighted by Gasteiger charge is -2.07. The third-order valence-electron chi connectivity index (χ3n) is 1.43. The molecule has 0 amide bonds. The van der Waals surface area contributed by atoms with Gasteiger partial charge in [0.05, 0.1) is 0 Å². The number of hydrogen-bond acceptors (Lipinski definition) is 6. The number of Topliss-reactive ketones (excluding diaryl/α,β-unsaturated/α-hetero) is 1. The second-order valence-electron chi connectivity index (χ2n) is 3.46. The molecule has 0 aromatic rings. The Morgan fingerprint density at radius 2 is 1.50 bits per heavy atom. The van der Waals surface area contributed by atoms with Gasteiger partial charge >= 0.3 is 5.97 Å². The van der Waals surface area contributed by atoms with E-state index < -0.39 is 18.4 Å². The van der Waals surface area contributed by atoms with Gasteiger partial charge in [-0.25, -0.2) is 0 Å². The predicted molar refractivity (Wildman–Crippen MR) is 67.8 cm³/mol. The summed E-state index contributed by atoms with van der Waals surface area (Å²) < 4.78 is 4.41. The van der Waals surface area contributed by atoms with Crippen molar-refractivity contribution in [2.24, 2.45) is 0 Å². The van der Waals surface area contributed by atoms with Crippen LogP contribution in [0.5, 0.6) is 0 Å². The normalized spacial score (nSPS) is 12.0. The Morgan fingerprint density at radius 3 is 1.67 bits per heavy atom. The maximum Gasteiger partial charge on any atom is 0.304 e. The van der Waals surface area contributed by atoms with Crippen LogP contribution in [0.1, 0.15) is 47.5 Å². The first kappa shape index (κ1) is 22.2. The number of aliphatic hydroxyl groups is 3. The summed E-state index contributed by atoms with van der Waals surface area (Å²) in [4.78, 5) is 20.0. The number of esters is 1. The van der Waals surface area contributed by atoms with E-state index in [-0.39, 0.29) is 12.4 Å². The Kier molecular flexibility index (Phi) is 19.8. The summed E-state index contributed by atoms with van der Waals surface area (Å²) in [6.07, 6.45) is -0.369. The molecule has 0 saturated carbocycles. The van der Waals surface area contributed by atoms with E-state index in [1.807, 2.05) is 6.92 Å². The summed E-state index contributed by atoms with van der Waals surface area (Å²) in [7, 11) is 0. The van der Waals surface area contributed by atoms with Crippen LogP contribution in [0.3, 0.4) is 0 Å². The summed E-state index contributed by atoms with van der Waals surface area (Å²) in [5.74, 6) is -0.619. The summed E-state index contributed by atoms with van der Waals surface area (Å²) in [5.41, 5.74) is 0. The highest BCUT2D eigenvalue weighted by molar-refractivity contribution is 5.79. The van der Waals surface area contributed by atoms with Gasteiger partial charge in [0.2, 0.25) is 6.29 Å². The first-order chi connectivity index (χ1) is 8.22. The third kappa shape index (κ3) is 29.4. The molecule has 3 N–H and O–H groups in total. The molecule has 0 aliphatic heterocycles. The molecule has 0 radical (unpaired) electrons. The lowest BCUT2D eigenvalue weighted by Crippen LogP contribution is -2.14. The minimum Gasteiger partial charge on any atom is -0.436 e. The summed E-state index contributed by atoms with van der Waals surface area (Å²) >= 11 is 0. The zero-order valence-corrected chi connectivity index (χ0v) is 11.8. The first-order valence-electron chi connectivity index (χ1n) is 5.87. The molecule has 18 heavy (non-hydrogen) atoms. The second kappa shape index (κ2) is 16.0. The van der Waals surface area contributed by atoms with Crippen molar-refractivity contribution in [2.45, 2.75) is 59.9 Å². The van der Waals surface area contributed by atoms with E-state index in [9.17, 15) is 9.59 Å². The SMILES string of the molecule is CC(=O)C(C)O.CCCC(O)OC(C)=O.CCO. The number of ketones is 1. The minimum absolute atomic E-state index is 0.185. The van der Waals surface area contributed by atoms with E-state index in [0.29, 0.717) is 6.42 Å². The van der Waals surface area contributed by atoms with Crippen LogP contribution < -0.4 is 0 Å². The van der Waals surface area contributed by atoms with E-state index in [1.54, 1.807) is 6.92 Å². The monoisotopic (exact) mass is 266 g/mol. The lowest BCUT2D eigenvalue weighted by atomic mass is 10.3. The Labute approximate surface area is 109 Å². The Balaban J connectivity index is -0.000000216. The van der Waals surface area contributed by atoms with Crippen molar-refractivity contribution in [2.75, 3.05) is 6.61 Å². The predicted octanol–water partition coefficient (Wildman–Crippen LogP) is 0.623. The standard InChI is InChI=1S/C6H12O3.C4H8O2.C2H6O/c1-3-4-6(8)9-5(2)7;1-3(5)4(2)6;1-2-3/h6,8H,3-4H2,1-2H3;3,5H,1-2H3;3H,2H2,1H3. The van der Waals surface area contributed by atoms with Gasteiger partial charge in [0.25, 0.3) is 0 Å². The van der Waals surface area contributed by atoms with Gasteiger partial charge in [-0.05, 0) is 20.8 Å². The molecule has 0 aromatic heterocycles. The van der Waals surface area contributed by atoms with Crippen molar-refractivity contribution in [3.8, 4) is 0 Å². The molecule has 2 atom stereocenters. The van der Waals surface area contributed by atoms with Crippen LogP contribution in [0.15, 0.2) is 0 Å². The van der Waals surface area contributed by atoms with Crippen LogP contribution in [0.2, 0.25) is 0 Å². The summed E-state index contributed by atoms with van der Waals surface area (Å²) in [6.45, 7) is 7.92. The van der Waals surface area contributed by atoms with Gasteiger partial charge in [-0.2, -0.15) is 0 Å². The van der Waals surface area contributed by atoms with Crippen molar-refractivity contribution < 1.29 is 29.6 Å². The molecule has 6 heteroatoms. The molecule has 6 nitrogen and oxygen atoms in total. The number of hydrogen-bond donors (Lipinski definition) is 3. The molecule has 0 heterocycles. The van der Waals surface area contributed by atoms with Crippen molar-refractivity contribution in [1.29, 1.82) is 0 Å². The van der Waals surface area contributed by atoms with Crippen LogP contribution in [-0.2, 0) is 14.3 Å². The van der Waals surface area contributed by atoms with Gasteiger partial charge in [0, 0.05) is 20.0 Å². The summed E-state index contributed by atoms with van der Waals surface area (Å²) in [6, 6.07) is 0. The van der Waals surface area contributed by atoms with Crippen molar-refractivity contribution in [3.63, 3.8) is 0 Å². The quantitative estimate of drug-likeness (QED) is 0.509. The van der Waals surface area contributed by atoms with Crippen molar-refractivity contribution in [1.82, 2.24) is 0 Å². The zero-order chi connectivity index (χ0) is 15.1. The van der Waals surface area contributed by atoms with E-state index >= 15 is 0 Å².